The Morgan fingerprint density at radius 3 is 2.47 bits per heavy atom. The van der Waals surface area contributed by atoms with Gasteiger partial charge in [-0.15, -0.1) is 0 Å². The van der Waals surface area contributed by atoms with E-state index in [-0.39, 0.29) is 15.5 Å². The highest BCUT2D eigenvalue weighted by Crippen LogP contribution is 2.33. The number of nitrogens with zero attached hydrogens (tertiary/aromatic N) is 2. The van der Waals surface area contributed by atoms with Crippen LogP contribution in [-0.4, -0.2) is 54.3 Å². The second-order valence-electron chi connectivity index (χ2n) is 6.62. The average Bonchev–Trinajstić information content (AvgIpc) is 3.03. The smallest absolute Gasteiger partial charge is 0.244 e. The molecule has 0 unspecified atom stereocenters. The Hall–Kier alpha value is -2.36. The lowest BCUT2D eigenvalue weighted by atomic mass is 10.0. The largest absolute Gasteiger partial charge is 0.486 e. The van der Waals surface area contributed by atoms with Gasteiger partial charge in [-0.3, -0.25) is 0 Å². The van der Waals surface area contributed by atoms with E-state index in [1.54, 1.807) is 6.07 Å². The Bertz CT molecular complexity index is 1120. The summed E-state index contributed by atoms with van der Waals surface area (Å²) < 4.78 is 72.0. The normalized spacial score (nSPS) is 22.1. The molecule has 3 rings (SSSR count). The molecule has 2 aromatic carbocycles. The highest BCUT2D eigenvalue weighted by Gasteiger charge is 2.51. The Balaban J connectivity index is 1.94. The second kappa shape index (κ2) is 8.05. The molecular weight excluding hydrogens is 449 g/mol. The van der Waals surface area contributed by atoms with Crippen LogP contribution < -0.4 is 4.74 Å². The summed E-state index contributed by atoms with van der Waals surface area (Å²) in [6.45, 7) is -2.09. The zero-order valence-corrected chi connectivity index (χ0v) is 16.6. The molecule has 1 saturated heterocycles. The van der Waals surface area contributed by atoms with E-state index in [0.717, 1.165) is 16.4 Å². The van der Waals surface area contributed by atoms with Crippen LogP contribution in [0.1, 0.15) is 5.56 Å². The number of hydrogen-bond donors (Lipinski definition) is 2. The summed E-state index contributed by atoms with van der Waals surface area (Å²) in [5, 5.41) is 29.6. The van der Waals surface area contributed by atoms with Gasteiger partial charge in [0, 0.05) is 23.7 Å². The molecule has 1 aliphatic rings. The molecule has 0 aromatic heterocycles. The van der Waals surface area contributed by atoms with Gasteiger partial charge in [0.15, 0.2) is 17.5 Å². The second-order valence-corrected chi connectivity index (χ2v) is 8.96. The van der Waals surface area contributed by atoms with Crippen molar-refractivity contribution < 1.29 is 36.5 Å². The number of nitriles is 1. The molecular formula is C18H14ClF3N2O5S. The summed E-state index contributed by atoms with van der Waals surface area (Å²) in [4.78, 5) is -0.380. The molecule has 30 heavy (non-hydrogen) atoms. The number of aliphatic hydroxyl groups is 2. The van der Waals surface area contributed by atoms with Crippen LogP contribution in [-0.2, 0) is 10.0 Å². The number of aliphatic hydroxyl groups excluding tert-OH is 1. The Labute approximate surface area is 174 Å². The zero-order chi connectivity index (χ0) is 22.3. The molecule has 0 aliphatic carbocycles. The lowest BCUT2D eigenvalue weighted by molar-refractivity contribution is -0.0642. The number of halogens is 4. The van der Waals surface area contributed by atoms with Gasteiger partial charge in [-0.1, -0.05) is 11.6 Å². The predicted octanol–water partition coefficient (Wildman–Crippen LogP) is 1.80. The third kappa shape index (κ3) is 3.97. The van der Waals surface area contributed by atoms with E-state index in [0.29, 0.717) is 12.1 Å². The third-order valence-electron chi connectivity index (χ3n) is 4.61. The van der Waals surface area contributed by atoms with Crippen molar-refractivity contribution >= 4 is 21.6 Å². The summed E-state index contributed by atoms with van der Waals surface area (Å²) in [7, 11) is -4.33. The number of rotatable bonds is 5. The van der Waals surface area contributed by atoms with E-state index in [2.05, 4.69) is 0 Å². The molecule has 0 amide bonds. The number of sulfonamides is 1. The van der Waals surface area contributed by atoms with Crippen molar-refractivity contribution in [2.45, 2.75) is 16.6 Å². The van der Waals surface area contributed by atoms with Gasteiger partial charge in [0.05, 0.1) is 18.7 Å². The van der Waals surface area contributed by atoms with Crippen molar-refractivity contribution in [2.75, 3.05) is 19.7 Å². The van der Waals surface area contributed by atoms with Crippen LogP contribution >= 0.6 is 11.6 Å². The maximum Gasteiger partial charge on any atom is 0.244 e. The molecule has 12 heteroatoms. The lowest BCUT2D eigenvalue weighted by Crippen LogP contribution is -2.48. The summed E-state index contributed by atoms with van der Waals surface area (Å²) >= 11 is 5.78. The number of benzene rings is 2. The molecule has 2 aromatic rings. The highest BCUT2D eigenvalue weighted by atomic mass is 35.5. The van der Waals surface area contributed by atoms with Crippen LogP contribution in [0.25, 0.3) is 0 Å². The van der Waals surface area contributed by atoms with Gasteiger partial charge < -0.3 is 14.9 Å². The summed E-state index contributed by atoms with van der Waals surface area (Å²) in [5.74, 6) is -5.31. The van der Waals surface area contributed by atoms with E-state index in [9.17, 15) is 37.1 Å². The molecule has 0 saturated carbocycles. The van der Waals surface area contributed by atoms with Crippen LogP contribution in [0.5, 0.6) is 5.75 Å². The van der Waals surface area contributed by atoms with E-state index in [1.807, 2.05) is 0 Å². The number of β-amino-alcohol motifs (C(OH)–C–C–N with tert-alkyl or cyclic N) is 1. The van der Waals surface area contributed by atoms with Crippen molar-refractivity contribution in [3.8, 4) is 11.8 Å². The van der Waals surface area contributed by atoms with Crippen molar-refractivity contribution in [2.24, 2.45) is 0 Å². The first-order valence-corrected chi connectivity index (χ1v) is 10.2. The highest BCUT2D eigenvalue weighted by molar-refractivity contribution is 7.89. The Kier molecular flexibility index (Phi) is 5.99. The van der Waals surface area contributed by atoms with Crippen molar-refractivity contribution in [1.29, 1.82) is 5.26 Å². The van der Waals surface area contributed by atoms with Gasteiger partial charge >= 0.3 is 0 Å². The monoisotopic (exact) mass is 462 g/mol. The fourth-order valence-electron chi connectivity index (χ4n) is 3.03. The predicted molar refractivity (Wildman–Crippen MR) is 97.7 cm³/mol. The van der Waals surface area contributed by atoms with Gasteiger partial charge in [-0.05, 0) is 18.2 Å². The van der Waals surface area contributed by atoms with Gasteiger partial charge in [0.2, 0.25) is 10.0 Å². The maximum absolute atomic E-state index is 13.4. The van der Waals surface area contributed by atoms with E-state index in [4.69, 9.17) is 16.3 Å². The first-order chi connectivity index (χ1) is 14.0. The molecule has 0 radical (unpaired) electrons. The summed E-state index contributed by atoms with van der Waals surface area (Å²) in [6.07, 6.45) is -1.45. The van der Waals surface area contributed by atoms with Crippen LogP contribution in [0.4, 0.5) is 13.2 Å². The Morgan fingerprint density at radius 2 is 1.90 bits per heavy atom. The maximum atomic E-state index is 13.4. The summed E-state index contributed by atoms with van der Waals surface area (Å²) in [6, 6.07) is 6.31. The minimum Gasteiger partial charge on any atom is -0.486 e. The van der Waals surface area contributed by atoms with Crippen molar-refractivity contribution in [3.05, 3.63) is 58.4 Å². The minimum atomic E-state index is -4.33. The van der Waals surface area contributed by atoms with Crippen molar-refractivity contribution in [1.82, 2.24) is 4.31 Å². The fourth-order valence-corrected chi connectivity index (χ4v) is 4.82. The summed E-state index contributed by atoms with van der Waals surface area (Å²) in [5.41, 5.74) is -2.37. The lowest BCUT2D eigenvalue weighted by Gasteiger charge is -2.27. The molecule has 0 bridgehead atoms. The van der Waals surface area contributed by atoms with Gasteiger partial charge in [-0.25, -0.2) is 21.6 Å². The fraction of sp³-hybridized carbons (Fsp3) is 0.278. The molecule has 2 atom stereocenters. The van der Waals surface area contributed by atoms with Crippen molar-refractivity contribution in [3.63, 3.8) is 0 Å². The molecule has 7 nitrogen and oxygen atoms in total. The molecule has 1 heterocycles. The molecule has 2 N–H and O–H groups in total. The first kappa shape index (κ1) is 22.3. The van der Waals surface area contributed by atoms with E-state index >= 15 is 0 Å². The molecule has 1 fully saturated rings. The molecule has 1 aliphatic heterocycles. The number of ether oxygens (including phenoxy) is 1. The molecule has 0 spiro atoms. The number of hydrogen-bond acceptors (Lipinski definition) is 6. The first-order valence-electron chi connectivity index (χ1n) is 8.36. The van der Waals surface area contributed by atoms with Gasteiger partial charge in [0.25, 0.3) is 0 Å². The van der Waals surface area contributed by atoms with Gasteiger partial charge in [0.1, 0.15) is 28.4 Å². The standard InChI is InChI=1S/C18H14ClF3N2O5S/c19-11-1-2-15(10(3-11)6-23)30(27,28)24-7-16(18(26,8-24)9-25)29-12-4-13(20)17(22)14(21)5-12/h1-5,16,25-26H,7-9H2/t16-,18+/m0/s1. The van der Waals surface area contributed by atoms with Crippen LogP contribution in [0.15, 0.2) is 35.2 Å². The quantitative estimate of drug-likeness (QED) is 0.656. The minimum absolute atomic E-state index is 0.139. The van der Waals surface area contributed by atoms with Crippen LogP contribution in [0.3, 0.4) is 0 Å². The zero-order valence-electron chi connectivity index (χ0n) is 15.0. The van der Waals surface area contributed by atoms with E-state index in [1.165, 1.54) is 6.07 Å². The van der Waals surface area contributed by atoms with Crippen LogP contribution in [0, 0.1) is 28.8 Å². The van der Waals surface area contributed by atoms with E-state index < -0.39 is 64.6 Å². The third-order valence-corrected chi connectivity index (χ3v) is 6.71. The Morgan fingerprint density at radius 1 is 1.27 bits per heavy atom. The average molecular weight is 463 g/mol. The van der Waals surface area contributed by atoms with Gasteiger partial charge in [-0.2, -0.15) is 9.57 Å². The molecule has 160 valence electrons. The topological polar surface area (TPSA) is 111 Å². The SMILES string of the molecule is N#Cc1cc(Cl)ccc1S(=O)(=O)N1C[C@H](Oc2cc(F)c(F)c(F)c2)[C@](O)(CO)C1. The van der Waals surface area contributed by atoms with Crippen LogP contribution in [0.2, 0.25) is 5.02 Å².